The second-order valence-corrected chi connectivity index (χ2v) is 5.59. The van der Waals surface area contributed by atoms with Gasteiger partial charge in [-0.2, -0.15) is 0 Å². The van der Waals surface area contributed by atoms with Gasteiger partial charge in [-0.25, -0.2) is 9.59 Å². The number of rotatable bonds is 3. The molecule has 2 aliphatic rings. The van der Waals surface area contributed by atoms with Crippen LogP contribution < -0.4 is 5.32 Å². The Morgan fingerprint density at radius 1 is 1.50 bits per heavy atom. The molecule has 0 aromatic carbocycles. The molecule has 18 heavy (non-hydrogen) atoms. The normalized spacial score (nSPS) is 28.1. The number of carboxylic acids is 1. The largest absolute Gasteiger partial charge is 0.480 e. The highest BCUT2D eigenvalue weighted by molar-refractivity contribution is 7.99. The van der Waals surface area contributed by atoms with Crippen LogP contribution in [0.3, 0.4) is 0 Å². The van der Waals surface area contributed by atoms with Gasteiger partial charge in [0.2, 0.25) is 0 Å². The second kappa shape index (κ2) is 6.29. The van der Waals surface area contributed by atoms with Crippen LogP contribution in [-0.2, 0) is 9.53 Å². The predicted octanol–water partition coefficient (Wildman–Crippen LogP) is 0.582. The summed E-state index contributed by atoms with van der Waals surface area (Å²) in [6.07, 6.45) is 2.08. The van der Waals surface area contributed by atoms with Crippen molar-refractivity contribution in [2.75, 3.05) is 31.4 Å². The van der Waals surface area contributed by atoms with E-state index in [-0.39, 0.29) is 6.03 Å². The Balaban J connectivity index is 1.78. The Kier molecular flexibility index (Phi) is 4.71. The lowest BCUT2D eigenvalue weighted by Gasteiger charge is -2.25. The fraction of sp³-hybridized carbons (Fsp3) is 0.818. The number of carbonyl (C=O) groups is 2. The lowest BCUT2D eigenvalue weighted by atomic mass is 10.0. The summed E-state index contributed by atoms with van der Waals surface area (Å²) in [5.41, 5.74) is 0. The van der Waals surface area contributed by atoms with E-state index in [0.29, 0.717) is 30.7 Å². The maximum Gasteiger partial charge on any atom is 0.327 e. The third-order valence-corrected chi connectivity index (χ3v) is 4.24. The van der Waals surface area contributed by atoms with Crippen LogP contribution in [0.25, 0.3) is 0 Å². The standard InChI is InChI=1S/C11H18N2O4S/c14-10(15)9-6-18-7-13(9)11(16)12-4-8-2-1-3-17-5-8/h8-9H,1-7H2,(H,12,16)(H,14,15). The summed E-state index contributed by atoms with van der Waals surface area (Å²) in [6.45, 7) is 2.04. The Hall–Kier alpha value is -0.950. The molecule has 2 fully saturated rings. The van der Waals surface area contributed by atoms with Crippen molar-refractivity contribution in [3.8, 4) is 0 Å². The third-order valence-electron chi connectivity index (χ3n) is 3.22. The van der Waals surface area contributed by atoms with Gasteiger partial charge < -0.3 is 20.1 Å². The van der Waals surface area contributed by atoms with E-state index in [1.54, 1.807) is 0 Å². The SMILES string of the molecule is O=C(O)C1CSCN1C(=O)NCC1CCCOC1. The molecule has 0 radical (unpaired) electrons. The van der Waals surface area contributed by atoms with Gasteiger partial charge in [-0.1, -0.05) is 0 Å². The maximum atomic E-state index is 11.9. The molecule has 0 bridgehead atoms. The highest BCUT2D eigenvalue weighted by atomic mass is 32.2. The summed E-state index contributed by atoms with van der Waals surface area (Å²) < 4.78 is 5.34. The molecule has 0 aromatic rings. The topological polar surface area (TPSA) is 78.9 Å². The van der Waals surface area contributed by atoms with Gasteiger partial charge in [-0.3, -0.25) is 0 Å². The first-order valence-corrected chi connectivity index (χ1v) is 7.26. The van der Waals surface area contributed by atoms with E-state index in [2.05, 4.69) is 5.32 Å². The molecule has 0 aliphatic carbocycles. The lowest BCUT2D eigenvalue weighted by molar-refractivity contribution is -0.140. The van der Waals surface area contributed by atoms with Gasteiger partial charge in [-0.15, -0.1) is 11.8 Å². The van der Waals surface area contributed by atoms with Crippen molar-refractivity contribution >= 4 is 23.8 Å². The first-order valence-electron chi connectivity index (χ1n) is 6.11. The Morgan fingerprint density at radius 3 is 3.00 bits per heavy atom. The molecule has 0 saturated carbocycles. The molecule has 2 atom stereocenters. The number of carbonyl (C=O) groups excluding carboxylic acids is 1. The Morgan fingerprint density at radius 2 is 2.33 bits per heavy atom. The van der Waals surface area contributed by atoms with Crippen molar-refractivity contribution in [1.29, 1.82) is 0 Å². The van der Waals surface area contributed by atoms with E-state index in [0.717, 1.165) is 19.4 Å². The lowest BCUT2D eigenvalue weighted by Crippen LogP contribution is -2.48. The molecular weight excluding hydrogens is 256 g/mol. The first kappa shape index (κ1) is 13.5. The highest BCUT2D eigenvalue weighted by Crippen LogP contribution is 2.21. The van der Waals surface area contributed by atoms with E-state index < -0.39 is 12.0 Å². The van der Waals surface area contributed by atoms with Gasteiger partial charge >= 0.3 is 12.0 Å². The van der Waals surface area contributed by atoms with Crippen LogP contribution in [0.1, 0.15) is 12.8 Å². The molecule has 2 aliphatic heterocycles. The van der Waals surface area contributed by atoms with Crippen LogP contribution in [0.5, 0.6) is 0 Å². The summed E-state index contributed by atoms with van der Waals surface area (Å²) in [7, 11) is 0. The van der Waals surface area contributed by atoms with Crippen LogP contribution in [0.2, 0.25) is 0 Å². The number of ether oxygens (including phenoxy) is 1. The molecule has 2 unspecified atom stereocenters. The number of nitrogens with zero attached hydrogens (tertiary/aromatic N) is 1. The number of thioether (sulfide) groups is 1. The first-order chi connectivity index (χ1) is 8.68. The minimum Gasteiger partial charge on any atom is -0.480 e. The molecule has 7 heteroatoms. The molecule has 2 amide bonds. The molecule has 0 spiro atoms. The van der Waals surface area contributed by atoms with Crippen molar-refractivity contribution in [1.82, 2.24) is 10.2 Å². The van der Waals surface area contributed by atoms with Gasteiger partial charge in [0.25, 0.3) is 0 Å². The summed E-state index contributed by atoms with van der Waals surface area (Å²) in [5.74, 6) is 0.330. The summed E-state index contributed by atoms with van der Waals surface area (Å²) in [4.78, 5) is 24.3. The molecule has 102 valence electrons. The molecular formula is C11H18N2O4S. The van der Waals surface area contributed by atoms with Gasteiger partial charge in [0.15, 0.2) is 0 Å². The smallest absolute Gasteiger partial charge is 0.327 e. The van der Waals surface area contributed by atoms with Crippen molar-refractivity contribution in [2.45, 2.75) is 18.9 Å². The average Bonchev–Trinajstić information content (AvgIpc) is 2.86. The summed E-state index contributed by atoms with van der Waals surface area (Å²) >= 11 is 1.47. The fourth-order valence-corrected chi connectivity index (χ4v) is 3.29. The number of carboxylic acid groups (broad SMARTS) is 1. The Labute approximate surface area is 110 Å². The number of nitrogens with one attached hydrogen (secondary N) is 1. The number of urea groups is 1. The molecule has 2 heterocycles. The quantitative estimate of drug-likeness (QED) is 0.787. The van der Waals surface area contributed by atoms with Crippen molar-refractivity contribution in [3.05, 3.63) is 0 Å². The number of hydrogen-bond donors (Lipinski definition) is 2. The average molecular weight is 274 g/mol. The highest BCUT2D eigenvalue weighted by Gasteiger charge is 2.34. The predicted molar refractivity (Wildman–Crippen MR) is 67.5 cm³/mol. The monoisotopic (exact) mass is 274 g/mol. The van der Waals surface area contributed by atoms with E-state index in [1.807, 2.05) is 0 Å². The van der Waals surface area contributed by atoms with Crippen molar-refractivity contribution in [3.63, 3.8) is 0 Å². The van der Waals surface area contributed by atoms with E-state index >= 15 is 0 Å². The van der Waals surface area contributed by atoms with Crippen molar-refractivity contribution < 1.29 is 19.4 Å². The number of aliphatic carboxylic acids is 1. The zero-order valence-corrected chi connectivity index (χ0v) is 10.9. The maximum absolute atomic E-state index is 11.9. The summed E-state index contributed by atoms with van der Waals surface area (Å²) in [6, 6.07) is -0.976. The van der Waals surface area contributed by atoms with Crippen LogP contribution in [-0.4, -0.2) is 59.4 Å². The molecule has 2 rings (SSSR count). The molecule has 2 saturated heterocycles. The van der Waals surface area contributed by atoms with E-state index in [1.165, 1.54) is 16.7 Å². The number of amides is 2. The summed E-state index contributed by atoms with van der Waals surface area (Å²) in [5, 5.41) is 11.8. The van der Waals surface area contributed by atoms with Gasteiger partial charge in [0, 0.05) is 18.9 Å². The second-order valence-electron chi connectivity index (χ2n) is 4.59. The van der Waals surface area contributed by atoms with Crippen LogP contribution in [0, 0.1) is 5.92 Å². The van der Waals surface area contributed by atoms with E-state index in [9.17, 15) is 9.59 Å². The molecule has 6 nitrogen and oxygen atoms in total. The molecule has 0 aromatic heterocycles. The number of hydrogen-bond acceptors (Lipinski definition) is 4. The van der Waals surface area contributed by atoms with Crippen LogP contribution in [0.15, 0.2) is 0 Å². The minimum atomic E-state index is -0.934. The van der Waals surface area contributed by atoms with Gasteiger partial charge in [-0.05, 0) is 18.8 Å². The fourth-order valence-electron chi connectivity index (χ4n) is 2.15. The zero-order chi connectivity index (χ0) is 13.0. The van der Waals surface area contributed by atoms with Gasteiger partial charge in [0.05, 0.1) is 12.5 Å². The zero-order valence-electron chi connectivity index (χ0n) is 10.1. The van der Waals surface area contributed by atoms with Gasteiger partial charge in [0.1, 0.15) is 6.04 Å². The minimum absolute atomic E-state index is 0.280. The van der Waals surface area contributed by atoms with E-state index in [4.69, 9.17) is 9.84 Å². The van der Waals surface area contributed by atoms with Crippen molar-refractivity contribution in [2.24, 2.45) is 5.92 Å². The molecule has 2 N–H and O–H groups in total. The van der Waals surface area contributed by atoms with Crippen LogP contribution >= 0.6 is 11.8 Å². The van der Waals surface area contributed by atoms with Crippen LogP contribution in [0.4, 0.5) is 4.79 Å². The Bertz CT molecular complexity index is 320. The third kappa shape index (κ3) is 3.29.